The van der Waals surface area contributed by atoms with E-state index in [0.29, 0.717) is 5.75 Å². The highest BCUT2D eigenvalue weighted by molar-refractivity contribution is 5.77. The molecule has 1 amide bonds. The zero-order valence-corrected chi connectivity index (χ0v) is 11.2. The van der Waals surface area contributed by atoms with Crippen molar-refractivity contribution in [2.24, 2.45) is 0 Å². The molecule has 1 N–H and O–H groups in total. The van der Waals surface area contributed by atoms with Gasteiger partial charge in [-0.1, -0.05) is 25.5 Å². The minimum absolute atomic E-state index is 0.0142. The number of carbonyl (C=O) groups is 1. The van der Waals surface area contributed by atoms with E-state index in [1.807, 2.05) is 19.1 Å². The molecule has 18 heavy (non-hydrogen) atoms. The number of carbonyl (C=O) groups excluding carboxylic acids is 1. The molecule has 0 radical (unpaired) electrons. The Morgan fingerprint density at radius 3 is 2.78 bits per heavy atom. The first-order valence-electron chi connectivity index (χ1n) is 6.15. The van der Waals surface area contributed by atoms with Crippen LogP contribution in [0.3, 0.4) is 0 Å². The molecule has 1 aromatic rings. The third-order valence-corrected chi connectivity index (χ3v) is 2.67. The number of nitrogens with zero attached hydrogens (tertiary/aromatic N) is 1. The minimum atomic E-state index is -0.469. The number of benzene rings is 1. The van der Waals surface area contributed by atoms with Crippen LogP contribution in [0.25, 0.3) is 0 Å². The van der Waals surface area contributed by atoms with Crippen LogP contribution in [0.1, 0.15) is 31.4 Å². The second-order valence-corrected chi connectivity index (χ2v) is 4.45. The van der Waals surface area contributed by atoms with Gasteiger partial charge in [-0.25, -0.2) is 0 Å². The van der Waals surface area contributed by atoms with Crippen molar-refractivity contribution >= 4 is 5.91 Å². The Labute approximate surface area is 108 Å². The molecule has 1 rings (SSSR count). The molecule has 0 saturated heterocycles. The Morgan fingerprint density at radius 2 is 2.17 bits per heavy atom. The summed E-state index contributed by atoms with van der Waals surface area (Å²) in [5, 5.41) is 9.88. The summed E-state index contributed by atoms with van der Waals surface area (Å²) in [7, 11) is 3.38. The first kappa shape index (κ1) is 14.5. The van der Waals surface area contributed by atoms with Gasteiger partial charge in [0, 0.05) is 14.1 Å². The molecule has 0 aromatic heterocycles. The minimum Gasteiger partial charge on any atom is -0.484 e. The fourth-order valence-electron chi connectivity index (χ4n) is 1.53. The second kappa shape index (κ2) is 7.01. The van der Waals surface area contributed by atoms with Crippen molar-refractivity contribution in [1.82, 2.24) is 4.90 Å². The summed E-state index contributed by atoms with van der Waals surface area (Å²) in [5.41, 5.74) is 0.826. The highest BCUT2D eigenvalue weighted by Crippen LogP contribution is 2.22. The topological polar surface area (TPSA) is 49.8 Å². The summed E-state index contributed by atoms with van der Waals surface area (Å²) in [5.74, 6) is 0.521. The maximum atomic E-state index is 11.4. The van der Waals surface area contributed by atoms with E-state index < -0.39 is 6.10 Å². The van der Waals surface area contributed by atoms with Crippen molar-refractivity contribution in [1.29, 1.82) is 0 Å². The molecule has 0 aliphatic carbocycles. The molecule has 4 nitrogen and oxygen atoms in total. The fourth-order valence-corrected chi connectivity index (χ4v) is 1.53. The Hall–Kier alpha value is -1.55. The maximum Gasteiger partial charge on any atom is 0.259 e. The van der Waals surface area contributed by atoms with E-state index in [4.69, 9.17) is 4.74 Å². The average Bonchev–Trinajstić information content (AvgIpc) is 2.36. The molecule has 1 aromatic carbocycles. The molecular weight excluding hydrogens is 230 g/mol. The highest BCUT2D eigenvalue weighted by Gasteiger charge is 2.09. The molecular formula is C14H21NO3. The first-order chi connectivity index (χ1) is 8.54. The van der Waals surface area contributed by atoms with E-state index >= 15 is 0 Å². The lowest BCUT2D eigenvalue weighted by atomic mass is 10.1. The lowest BCUT2D eigenvalue weighted by Gasteiger charge is -2.13. The monoisotopic (exact) mass is 251 g/mol. The highest BCUT2D eigenvalue weighted by atomic mass is 16.5. The summed E-state index contributed by atoms with van der Waals surface area (Å²) in [6, 6.07) is 7.25. The van der Waals surface area contributed by atoms with Crippen LogP contribution in [0.2, 0.25) is 0 Å². The van der Waals surface area contributed by atoms with E-state index in [-0.39, 0.29) is 12.5 Å². The molecule has 0 saturated carbocycles. The lowest BCUT2D eigenvalue weighted by molar-refractivity contribution is -0.130. The summed E-state index contributed by atoms with van der Waals surface area (Å²) in [6.45, 7) is 2.04. The molecule has 1 atom stereocenters. The third-order valence-electron chi connectivity index (χ3n) is 2.67. The lowest BCUT2D eigenvalue weighted by Crippen LogP contribution is -2.27. The first-order valence-corrected chi connectivity index (χ1v) is 6.15. The summed E-state index contributed by atoms with van der Waals surface area (Å²) in [6.07, 6.45) is 1.17. The summed E-state index contributed by atoms with van der Waals surface area (Å²) < 4.78 is 5.40. The van der Waals surface area contributed by atoms with Gasteiger partial charge in [-0.05, 0) is 24.1 Å². The molecule has 4 heteroatoms. The predicted octanol–water partition coefficient (Wildman–Crippen LogP) is 1.99. The van der Waals surface area contributed by atoms with Gasteiger partial charge in [0.1, 0.15) is 5.75 Å². The van der Waals surface area contributed by atoms with E-state index in [9.17, 15) is 9.90 Å². The molecule has 100 valence electrons. The quantitative estimate of drug-likeness (QED) is 0.841. The van der Waals surface area contributed by atoms with Crippen LogP contribution in [-0.4, -0.2) is 36.6 Å². The average molecular weight is 251 g/mol. The molecule has 0 spiro atoms. The van der Waals surface area contributed by atoms with Crippen LogP contribution < -0.4 is 4.74 Å². The Kier molecular flexibility index (Phi) is 5.65. The van der Waals surface area contributed by atoms with Gasteiger partial charge in [0.15, 0.2) is 6.61 Å². The van der Waals surface area contributed by atoms with Crippen LogP contribution in [0.15, 0.2) is 24.3 Å². The van der Waals surface area contributed by atoms with Crippen molar-refractivity contribution < 1.29 is 14.6 Å². The number of hydrogen-bond donors (Lipinski definition) is 1. The van der Waals surface area contributed by atoms with Gasteiger partial charge in [-0.2, -0.15) is 0 Å². The molecule has 0 fully saturated rings. The maximum absolute atomic E-state index is 11.4. The van der Waals surface area contributed by atoms with Crippen molar-refractivity contribution in [2.45, 2.75) is 25.9 Å². The van der Waals surface area contributed by atoms with Gasteiger partial charge in [0.05, 0.1) is 6.10 Å². The normalized spacial score (nSPS) is 12.0. The van der Waals surface area contributed by atoms with Gasteiger partial charge in [0.2, 0.25) is 0 Å². The van der Waals surface area contributed by atoms with Crippen LogP contribution in [-0.2, 0) is 4.79 Å². The Balaban J connectivity index is 2.62. The Bertz CT molecular complexity index is 390. The molecule has 0 aliphatic rings. The smallest absolute Gasteiger partial charge is 0.259 e. The second-order valence-electron chi connectivity index (χ2n) is 4.45. The summed E-state index contributed by atoms with van der Waals surface area (Å²) in [4.78, 5) is 12.9. The third kappa shape index (κ3) is 4.37. The van der Waals surface area contributed by atoms with Gasteiger partial charge in [0.25, 0.3) is 5.91 Å². The van der Waals surface area contributed by atoms with Crippen molar-refractivity contribution in [2.75, 3.05) is 20.7 Å². The van der Waals surface area contributed by atoms with Gasteiger partial charge >= 0.3 is 0 Å². The molecule has 1 unspecified atom stereocenters. The zero-order valence-electron chi connectivity index (χ0n) is 11.2. The standard InChI is InChI=1S/C14H21NO3/c1-4-6-13(16)11-7-5-8-12(9-11)18-10-14(17)15(2)3/h5,7-9,13,16H,4,6,10H2,1-3H3. The van der Waals surface area contributed by atoms with E-state index in [2.05, 4.69) is 0 Å². The van der Waals surface area contributed by atoms with Crippen molar-refractivity contribution in [3.05, 3.63) is 29.8 Å². The van der Waals surface area contributed by atoms with Crippen molar-refractivity contribution in [3.8, 4) is 5.75 Å². The number of rotatable bonds is 6. The van der Waals surface area contributed by atoms with Crippen LogP contribution in [0.4, 0.5) is 0 Å². The number of likely N-dealkylation sites (N-methyl/N-ethyl adjacent to an activating group) is 1. The van der Waals surface area contributed by atoms with E-state index in [0.717, 1.165) is 18.4 Å². The molecule has 0 aliphatic heterocycles. The number of ether oxygens (including phenoxy) is 1. The Morgan fingerprint density at radius 1 is 1.44 bits per heavy atom. The van der Waals surface area contributed by atoms with Crippen molar-refractivity contribution in [3.63, 3.8) is 0 Å². The summed E-state index contributed by atoms with van der Waals surface area (Å²) >= 11 is 0. The SMILES string of the molecule is CCCC(O)c1cccc(OCC(=O)N(C)C)c1. The molecule has 0 bridgehead atoms. The largest absolute Gasteiger partial charge is 0.484 e. The molecule has 0 heterocycles. The van der Waals surface area contributed by atoms with Crippen LogP contribution >= 0.6 is 0 Å². The number of amides is 1. The number of aliphatic hydroxyl groups is 1. The van der Waals surface area contributed by atoms with E-state index in [1.54, 1.807) is 26.2 Å². The van der Waals surface area contributed by atoms with E-state index in [1.165, 1.54) is 4.90 Å². The van der Waals surface area contributed by atoms with Gasteiger partial charge in [-0.15, -0.1) is 0 Å². The van der Waals surface area contributed by atoms with Crippen LogP contribution in [0, 0.1) is 0 Å². The zero-order chi connectivity index (χ0) is 13.5. The number of hydrogen-bond acceptors (Lipinski definition) is 3. The predicted molar refractivity (Wildman–Crippen MR) is 70.5 cm³/mol. The number of aliphatic hydroxyl groups excluding tert-OH is 1. The van der Waals surface area contributed by atoms with Crippen LogP contribution in [0.5, 0.6) is 5.75 Å². The fraction of sp³-hybridized carbons (Fsp3) is 0.500. The van der Waals surface area contributed by atoms with Gasteiger partial charge < -0.3 is 14.7 Å². The van der Waals surface area contributed by atoms with Gasteiger partial charge in [-0.3, -0.25) is 4.79 Å².